The van der Waals surface area contributed by atoms with Gasteiger partial charge >= 0.3 is 5.97 Å². The fourth-order valence-corrected chi connectivity index (χ4v) is 8.27. The number of piperidine rings is 1. The fourth-order valence-electron chi connectivity index (χ4n) is 7.73. The van der Waals surface area contributed by atoms with Crippen molar-refractivity contribution in [2.45, 2.75) is 70.7 Å². The number of nitrogens with one attached hydrogen (secondary N) is 2. The van der Waals surface area contributed by atoms with Crippen molar-refractivity contribution in [3.05, 3.63) is 86.9 Å². The van der Waals surface area contributed by atoms with Crippen molar-refractivity contribution in [1.82, 2.24) is 25.5 Å². The van der Waals surface area contributed by atoms with E-state index < -0.39 is 11.4 Å². The zero-order valence-electron chi connectivity index (χ0n) is 30.7. The number of hydrogen-bond donors (Lipinski definition) is 3. The molecule has 3 aliphatic rings. The molecule has 3 N–H and O–H groups in total. The zero-order chi connectivity index (χ0) is 38.0. The van der Waals surface area contributed by atoms with Crippen molar-refractivity contribution < 1.29 is 28.9 Å². The lowest BCUT2D eigenvalue weighted by molar-refractivity contribution is -0.150. The van der Waals surface area contributed by atoms with Gasteiger partial charge in [0.1, 0.15) is 11.1 Å². The van der Waals surface area contributed by atoms with Crippen molar-refractivity contribution in [3.63, 3.8) is 0 Å². The molecule has 13 heteroatoms. The van der Waals surface area contributed by atoms with Crippen LogP contribution in [0.1, 0.15) is 67.4 Å². The van der Waals surface area contributed by atoms with E-state index in [1.54, 1.807) is 14.2 Å². The molecule has 11 nitrogen and oxygen atoms in total. The van der Waals surface area contributed by atoms with Gasteiger partial charge in [-0.25, -0.2) is 4.98 Å². The average molecular weight is 775 g/mol. The summed E-state index contributed by atoms with van der Waals surface area (Å²) in [6.07, 6.45) is 3.81. The lowest BCUT2D eigenvalue weighted by Crippen LogP contribution is -2.42. The highest BCUT2D eigenvalue weighted by molar-refractivity contribution is 6.36. The number of hydrogen-bond acceptors (Lipinski definition) is 9. The van der Waals surface area contributed by atoms with E-state index in [0.717, 1.165) is 58.2 Å². The van der Waals surface area contributed by atoms with Gasteiger partial charge in [0.25, 0.3) is 0 Å². The van der Waals surface area contributed by atoms with Gasteiger partial charge in [0, 0.05) is 54.4 Å². The highest BCUT2D eigenvalue weighted by atomic mass is 35.5. The van der Waals surface area contributed by atoms with Crippen LogP contribution in [0.4, 0.5) is 0 Å². The number of rotatable bonds is 13. The molecule has 0 spiro atoms. The predicted octanol–water partition coefficient (Wildman–Crippen LogP) is 7.26. The molecule has 1 amide bonds. The van der Waals surface area contributed by atoms with E-state index >= 15 is 0 Å². The van der Waals surface area contributed by atoms with Gasteiger partial charge in [0.05, 0.1) is 30.4 Å². The van der Waals surface area contributed by atoms with Crippen LogP contribution < -0.4 is 24.8 Å². The molecule has 54 heavy (non-hydrogen) atoms. The number of benzene rings is 2. The maximum Gasteiger partial charge on any atom is 0.309 e. The molecule has 2 atom stereocenters. The number of fused-ring (bicyclic) bond motifs is 1. The second kappa shape index (κ2) is 16.1. The Morgan fingerprint density at radius 2 is 1.67 bits per heavy atom. The van der Waals surface area contributed by atoms with Crippen LogP contribution in [0.15, 0.2) is 54.6 Å². The minimum absolute atomic E-state index is 0.0999. The van der Waals surface area contributed by atoms with Crippen molar-refractivity contribution in [3.8, 4) is 40.0 Å². The van der Waals surface area contributed by atoms with Crippen molar-refractivity contribution >= 4 is 35.1 Å². The first-order chi connectivity index (χ1) is 26.1. The Labute approximate surface area is 325 Å². The Bertz CT molecular complexity index is 2050. The number of aromatic nitrogens is 2. The van der Waals surface area contributed by atoms with Crippen molar-refractivity contribution in [2.75, 3.05) is 33.9 Å². The maximum absolute atomic E-state index is 11.7. The van der Waals surface area contributed by atoms with Gasteiger partial charge in [-0.2, -0.15) is 4.98 Å². The first-order valence-corrected chi connectivity index (χ1v) is 19.1. The van der Waals surface area contributed by atoms with Gasteiger partial charge in [-0.1, -0.05) is 65.7 Å². The first kappa shape index (κ1) is 37.9. The smallest absolute Gasteiger partial charge is 0.309 e. The number of nitrogens with zero attached hydrogens (tertiary/aromatic N) is 3. The molecule has 2 fully saturated rings. The van der Waals surface area contributed by atoms with E-state index in [2.05, 4.69) is 27.7 Å². The molecule has 0 unspecified atom stereocenters. The van der Waals surface area contributed by atoms with Crippen LogP contribution in [-0.4, -0.2) is 71.7 Å². The first-order valence-electron chi connectivity index (χ1n) is 18.4. The zero-order valence-corrected chi connectivity index (χ0v) is 32.2. The Morgan fingerprint density at radius 3 is 2.39 bits per heavy atom. The summed E-state index contributed by atoms with van der Waals surface area (Å²) < 4.78 is 17.9. The van der Waals surface area contributed by atoms with Gasteiger partial charge in [0.15, 0.2) is 0 Å². The molecule has 2 aliphatic heterocycles. The second-order valence-corrected chi connectivity index (χ2v) is 15.4. The van der Waals surface area contributed by atoms with Gasteiger partial charge in [-0.05, 0) is 80.9 Å². The predicted molar refractivity (Wildman–Crippen MR) is 207 cm³/mol. The summed E-state index contributed by atoms with van der Waals surface area (Å²) in [6, 6.07) is 18.1. The average Bonchev–Trinajstić information content (AvgIpc) is 3.79. The quantitative estimate of drug-likeness (QED) is 0.128. The van der Waals surface area contributed by atoms with Crippen LogP contribution in [0.3, 0.4) is 0 Å². The van der Waals surface area contributed by atoms with Crippen LogP contribution in [0, 0.1) is 5.41 Å². The summed E-state index contributed by atoms with van der Waals surface area (Å²) in [5, 5.41) is 17.0. The lowest BCUT2D eigenvalue weighted by atomic mass is 9.80. The molecule has 284 valence electrons. The minimum atomic E-state index is -0.749. The third kappa shape index (κ3) is 7.86. The Morgan fingerprint density at radius 1 is 0.944 bits per heavy atom. The third-order valence-corrected chi connectivity index (χ3v) is 11.7. The molecule has 4 heterocycles. The van der Waals surface area contributed by atoms with Crippen LogP contribution in [0.25, 0.3) is 22.4 Å². The van der Waals surface area contributed by atoms with E-state index in [-0.39, 0.29) is 18.1 Å². The fraction of sp³-hybridized carbons (Fsp3) is 0.415. The van der Waals surface area contributed by atoms with E-state index in [9.17, 15) is 14.7 Å². The largest absolute Gasteiger partial charge is 0.481 e. The van der Waals surface area contributed by atoms with Crippen LogP contribution in [0.5, 0.6) is 17.6 Å². The number of carbonyl (C=O) groups excluding carboxylic acids is 1. The number of halogens is 2. The molecule has 1 aliphatic carbocycles. The van der Waals surface area contributed by atoms with Crippen LogP contribution in [0.2, 0.25) is 10.0 Å². The molecule has 0 saturated carbocycles. The molecular formula is C41H45Cl2N5O6. The second-order valence-electron chi connectivity index (χ2n) is 14.6. The van der Waals surface area contributed by atoms with Gasteiger partial charge in [-0.3, -0.25) is 14.5 Å². The molecule has 0 bridgehead atoms. The summed E-state index contributed by atoms with van der Waals surface area (Å²) in [5.74, 6) is 0.611. The number of amides is 1. The number of carboxylic acid groups (broad SMARTS) is 1. The molecule has 4 aromatic rings. The molecule has 7 rings (SSSR count). The number of likely N-dealkylation sites (tertiary alicyclic amines) is 1. The Hall–Kier alpha value is -4.42. The standard InChI is InChI=1S/C41H45Cl2N5O6/c1-41(40(50)51)16-18-48(19-17-41)23-25-20-32(42)39(47-38(25)53-3)54-34-14-12-28-27(6-4-7-29(28)34)30-8-5-9-31(36(30)43)33-13-10-24(37(46-33)52-2)21-44-22-26-11-15-35(49)45-26/h4-10,13,20,26,34,44H,11-12,14-19,21-23H2,1-3H3,(H,45,49)(H,50,51)/t26-,34-/m0/s1. The maximum atomic E-state index is 11.7. The van der Waals surface area contributed by atoms with E-state index in [0.29, 0.717) is 85.4 Å². The highest BCUT2D eigenvalue weighted by Crippen LogP contribution is 2.45. The molecule has 2 saturated heterocycles. The molecule has 2 aromatic heterocycles. The monoisotopic (exact) mass is 773 g/mol. The van der Waals surface area contributed by atoms with Crippen LogP contribution >= 0.6 is 23.2 Å². The molecule has 0 radical (unpaired) electrons. The number of pyridine rings is 2. The van der Waals surface area contributed by atoms with E-state index in [1.165, 1.54) is 0 Å². The summed E-state index contributed by atoms with van der Waals surface area (Å²) in [5.41, 5.74) is 6.69. The van der Waals surface area contributed by atoms with Gasteiger partial charge < -0.3 is 30.0 Å². The summed E-state index contributed by atoms with van der Waals surface area (Å²) in [4.78, 5) is 35.0. The summed E-state index contributed by atoms with van der Waals surface area (Å²) >= 11 is 14.0. The SMILES string of the molecule is COc1nc(-c2cccc(-c3cccc4c3CC[C@@H]4Oc3nc(OC)c(CN4CCC(C)(C(=O)O)CC4)cc3Cl)c2Cl)ccc1CNC[C@@H]1CCC(=O)N1. The topological polar surface area (TPSA) is 135 Å². The van der Waals surface area contributed by atoms with Crippen molar-refractivity contribution in [1.29, 1.82) is 0 Å². The number of methoxy groups -OCH3 is 2. The van der Waals surface area contributed by atoms with Gasteiger partial charge in [-0.15, -0.1) is 0 Å². The van der Waals surface area contributed by atoms with Gasteiger partial charge in [0.2, 0.25) is 23.5 Å². The minimum Gasteiger partial charge on any atom is -0.481 e. The Balaban J connectivity index is 1.07. The number of carboxylic acids is 1. The number of aliphatic carboxylic acids is 1. The lowest BCUT2D eigenvalue weighted by Gasteiger charge is -2.36. The van der Waals surface area contributed by atoms with E-state index in [4.69, 9.17) is 47.4 Å². The highest BCUT2D eigenvalue weighted by Gasteiger charge is 2.37. The third-order valence-electron chi connectivity index (χ3n) is 11.0. The Kier molecular flexibility index (Phi) is 11.3. The normalized spacial score (nSPS) is 19.3. The summed E-state index contributed by atoms with van der Waals surface area (Å²) in [6.45, 7) is 4.92. The van der Waals surface area contributed by atoms with E-state index in [1.807, 2.05) is 49.4 Å². The van der Waals surface area contributed by atoms with Crippen LogP contribution in [-0.2, 0) is 29.1 Å². The molecular weight excluding hydrogens is 729 g/mol. The molecule has 2 aromatic carbocycles. The summed E-state index contributed by atoms with van der Waals surface area (Å²) in [7, 11) is 3.19. The van der Waals surface area contributed by atoms with Crippen molar-refractivity contribution in [2.24, 2.45) is 5.41 Å². The number of ether oxygens (including phenoxy) is 3. The number of carbonyl (C=O) groups is 2.